The Morgan fingerprint density at radius 1 is 0.909 bits per heavy atom. The Morgan fingerprint density at radius 3 is 2.41 bits per heavy atom. The molecular weight excluding hydrogens is 264 g/mol. The molecule has 0 bridgehead atoms. The van der Waals surface area contributed by atoms with Crippen LogP contribution in [0.25, 0.3) is 0 Å². The molecule has 0 saturated heterocycles. The summed E-state index contributed by atoms with van der Waals surface area (Å²) in [5, 5.41) is 0. The minimum absolute atomic E-state index is 0.692. The lowest BCUT2D eigenvalue weighted by Crippen LogP contribution is -2.29. The zero-order chi connectivity index (χ0) is 15.4. The Bertz CT molecular complexity index is 598. The van der Waals surface area contributed by atoms with Crippen LogP contribution in [0.4, 0.5) is 0 Å². The molecule has 2 fully saturated rings. The highest BCUT2D eigenvalue weighted by atomic mass is 14.5. The van der Waals surface area contributed by atoms with Crippen molar-refractivity contribution in [3.63, 3.8) is 0 Å². The lowest BCUT2D eigenvalue weighted by atomic mass is 9.66. The van der Waals surface area contributed by atoms with Gasteiger partial charge in [0.05, 0.1) is 0 Å². The number of rotatable bonds is 1. The van der Waals surface area contributed by atoms with E-state index >= 15 is 0 Å². The van der Waals surface area contributed by atoms with Crippen molar-refractivity contribution in [1.82, 2.24) is 0 Å². The summed E-state index contributed by atoms with van der Waals surface area (Å²) in [6.07, 6.45) is 15.4. The fourth-order valence-electron chi connectivity index (χ4n) is 6.18. The molecule has 6 unspecified atom stereocenters. The highest BCUT2D eigenvalue weighted by molar-refractivity contribution is 5.48. The fourth-order valence-corrected chi connectivity index (χ4v) is 6.18. The number of fused-ring (bicyclic) bond motifs is 3. The maximum absolute atomic E-state index is 2.52. The van der Waals surface area contributed by atoms with E-state index in [2.05, 4.69) is 52.0 Å². The van der Waals surface area contributed by atoms with E-state index in [4.69, 9.17) is 0 Å². The van der Waals surface area contributed by atoms with Crippen molar-refractivity contribution in [3.8, 4) is 0 Å². The third kappa shape index (κ3) is 1.95. The second-order valence-corrected chi connectivity index (χ2v) is 8.22. The third-order valence-corrected chi connectivity index (χ3v) is 7.56. The molecule has 22 heavy (non-hydrogen) atoms. The monoisotopic (exact) mass is 294 g/mol. The first-order valence-electron chi connectivity index (χ1n) is 9.33. The van der Waals surface area contributed by atoms with Crippen LogP contribution in [0.1, 0.15) is 53.4 Å². The van der Waals surface area contributed by atoms with Crippen LogP contribution >= 0.6 is 0 Å². The van der Waals surface area contributed by atoms with Crippen LogP contribution in [0.5, 0.6) is 0 Å². The minimum Gasteiger partial charge on any atom is -0.0808 e. The zero-order valence-electron chi connectivity index (χ0n) is 14.6. The van der Waals surface area contributed by atoms with Crippen LogP contribution in [0.15, 0.2) is 46.6 Å². The van der Waals surface area contributed by atoms with E-state index in [1.807, 2.05) is 5.57 Å². The van der Waals surface area contributed by atoms with Gasteiger partial charge in [-0.15, -0.1) is 0 Å². The quantitative estimate of drug-likeness (QED) is 0.549. The molecule has 0 N–H and O–H groups in total. The van der Waals surface area contributed by atoms with Crippen molar-refractivity contribution >= 4 is 0 Å². The second kappa shape index (κ2) is 5.25. The molecule has 0 nitrogen and oxygen atoms in total. The lowest BCUT2D eigenvalue weighted by Gasteiger charge is -2.38. The van der Waals surface area contributed by atoms with Crippen LogP contribution in [-0.2, 0) is 0 Å². The maximum Gasteiger partial charge on any atom is -0.000968 e. The summed E-state index contributed by atoms with van der Waals surface area (Å²) in [5.41, 5.74) is 6.66. The number of hydrogen-bond donors (Lipinski definition) is 0. The molecule has 0 spiro atoms. The van der Waals surface area contributed by atoms with Crippen molar-refractivity contribution in [2.24, 2.45) is 35.5 Å². The van der Waals surface area contributed by atoms with Crippen molar-refractivity contribution in [3.05, 3.63) is 46.6 Å². The first-order chi connectivity index (χ1) is 10.6. The molecule has 0 radical (unpaired) electrons. The number of allylic oxidation sites excluding steroid dienone is 8. The van der Waals surface area contributed by atoms with Crippen LogP contribution in [0, 0.1) is 35.5 Å². The Morgan fingerprint density at radius 2 is 1.68 bits per heavy atom. The molecule has 0 aromatic rings. The van der Waals surface area contributed by atoms with E-state index in [1.165, 1.54) is 25.7 Å². The fraction of sp³-hybridized carbons (Fsp3) is 0.636. The van der Waals surface area contributed by atoms with Gasteiger partial charge in [-0.1, -0.05) is 48.8 Å². The van der Waals surface area contributed by atoms with Crippen LogP contribution in [0.2, 0.25) is 0 Å². The van der Waals surface area contributed by atoms with Gasteiger partial charge in [0.1, 0.15) is 0 Å². The summed E-state index contributed by atoms with van der Waals surface area (Å²) in [4.78, 5) is 0. The Hall–Kier alpha value is -1.04. The zero-order valence-corrected chi connectivity index (χ0v) is 14.6. The van der Waals surface area contributed by atoms with E-state index in [1.54, 1.807) is 16.7 Å². The average Bonchev–Trinajstić information content (AvgIpc) is 3.00. The molecule has 0 amide bonds. The molecule has 0 aromatic carbocycles. The molecule has 2 saturated carbocycles. The van der Waals surface area contributed by atoms with Crippen LogP contribution < -0.4 is 0 Å². The van der Waals surface area contributed by atoms with Gasteiger partial charge in [-0.05, 0) is 86.7 Å². The van der Waals surface area contributed by atoms with E-state index in [9.17, 15) is 0 Å². The molecule has 0 aliphatic heterocycles. The molecular formula is C22H30. The summed E-state index contributed by atoms with van der Waals surface area (Å²) in [7, 11) is 0. The van der Waals surface area contributed by atoms with E-state index in [-0.39, 0.29) is 0 Å². The topological polar surface area (TPSA) is 0 Å². The largest absolute Gasteiger partial charge is 0.0808 e. The van der Waals surface area contributed by atoms with Gasteiger partial charge in [-0.2, -0.15) is 0 Å². The Kier molecular flexibility index (Phi) is 3.47. The Balaban J connectivity index is 1.67. The SMILES string of the molecule is CC1=C(C)C(C)C(C2CCCC3C4C=CC=CC4CC23)=C1C. The van der Waals surface area contributed by atoms with Gasteiger partial charge in [0.15, 0.2) is 0 Å². The van der Waals surface area contributed by atoms with Crippen molar-refractivity contribution in [1.29, 1.82) is 0 Å². The van der Waals surface area contributed by atoms with Gasteiger partial charge >= 0.3 is 0 Å². The van der Waals surface area contributed by atoms with Gasteiger partial charge in [0.25, 0.3) is 0 Å². The predicted octanol–water partition coefficient (Wildman–Crippen LogP) is 6.08. The van der Waals surface area contributed by atoms with Crippen LogP contribution in [0.3, 0.4) is 0 Å². The molecule has 4 rings (SSSR count). The molecule has 118 valence electrons. The molecule has 0 aromatic heterocycles. The number of hydrogen-bond acceptors (Lipinski definition) is 0. The van der Waals surface area contributed by atoms with E-state index < -0.39 is 0 Å². The highest BCUT2D eigenvalue weighted by Crippen LogP contribution is 2.57. The molecule has 0 heterocycles. The standard InChI is InChI=1S/C22H30/c1-13-14(2)16(4)22(15(13)3)20-11-7-10-19-18-9-6-5-8-17(18)12-21(19)20/h5-6,8-9,15,17-21H,7,10-12H2,1-4H3. The Labute approximate surface area is 136 Å². The molecule has 6 atom stereocenters. The normalized spacial score (nSPS) is 43.8. The molecule has 0 heteroatoms. The van der Waals surface area contributed by atoms with Crippen molar-refractivity contribution in [2.45, 2.75) is 53.4 Å². The highest BCUT2D eigenvalue weighted by Gasteiger charge is 2.48. The summed E-state index contributed by atoms with van der Waals surface area (Å²) in [6.45, 7) is 9.55. The van der Waals surface area contributed by atoms with Gasteiger partial charge < -0.3 is 0 Å². The summed E-state index contributed by atoms with van der Waals surface area (Å²) in [6, 6.07) is 0. The van der Waals surface area contributed by atoms with Gasteiger partial charge in [-0.25, -0.2) is 0 Å². The van der Waals surface area contributed by atoms with Gasteiger partial charge in [0.2, 0.25) is 0 Å². The second-order valence-electron chi connectivity index (χ2n) is 8.22. The summed E-state index contributed by atoms with van der Waals surface area (Å²) in [5.74, 6) is 5.09. The maximum atomic E-state index is 2.52. The smallest absolute Gasteiger partial charge is 0.000968 e. The summed E-state index contributed by atoms with van der Waals surface area (Å²) >= 11 is 0. The first-order valence-corrected chi connectivity index (χ1v) is 9.33. The van der Waals surface area contributed by atoms with E-state index in [0.717, 1.165) is 29.6 Å². The predicted molar refractivity (Wildman–Crippen MR) is 94.4 cm³/mol. The van der Waals surface area contributed by atoms with E-state index in [0.29, 0.717) is 5.92 Å². The van der Waals surface area contributed by atoms with Crippen molar-refractivity contribution < 1.29 is 0 Å². The van der Waals surface area contributed by atoms with Crippen molar-refractivity contribution in [2.75, 3.05) is 0 Å². The van der Waals surface area contributed by atoms with Gasteiger partial charge in [-0.3, -0.25) is 0 Å². The average molecular weight is 294 g/mol. The molecule has 4 aliphatic carbocycles. The van der Waals surface area contributed by atoms with Crippen LogP contribution in [-0.4, -0.2) is 0 Å². The summed E-state index contributed by atoms with van der Waals surface area (Å²) < 4.78 is 0. The third-order valence-electron chi connectivity index (χ3n) is 7.56. The van der Waals surface area contributed by atoms with Gasteiger partial charge in [0, 0.05) is 0 Å². The first kappa shape index (κ1) is 14.5. The minimum atomic E-state index is 0.692. The molecule has 4 aliphatic rings. The lowest BCUT2D eigenvalue weighted by molar-refractivity contribution is 0.184.